The topological polar surface area (TPSA) is 66.4 Å². The maximum atomic E-state index is 12.9. The molecular formula is C19H29NO3. The molecule has 0 heterocycles. The summed E-state index contributed by atoms with van der Waals surface area (Å²) in [6, 6.07) is 0.227. The van der Waals surface area contributed by atoms with Crippen LogP contribution in [0.2, 0.25) is 0 Å². The van der Waals surface area contributed by atoms with E-state index >= 15 is 0 Å². The SMILES string of the molecule is CC1(C(=O)NC2C3CC4CC2CC(C(=O)O)(C4)C3)CCCCC1. The van der Waals surface area contributed by atoms with Gasteiger partial charge in [-0.3, -0.25) is 9.59 Å². The van der Waals surface area contributed by atoms with Crippen LogP contribution in [0.15, 0.2) is 0 Å². The van der Waals surface area contributed by atoms with E-state index in [4.69, 9.17) is 0 Å². The standard InChI is InChI=1S/C19H29NO3/c1-18(5-3-2-4-6-18)16(21)20-15-13-7-12-8-14(15)11-19(9-12,10-13)17(22)23/h12-15H,2-11H2,1H3,(H,20,21)(H,22,23). The average molecular weight is 319 g/mol. The Kier molecular flexibility index (Phi) is 3.51. The van der Waals surface area contributed by atoms with Crippen molar-refractivity contribution in [3.63, 3.8) is 0 Å². The molecule has 5 aliphatic carbocycles. The van der Waals surface area contributed by atoms with E-state index in [1.165, 1.54) is 6.42 Å². The molecule has 0 spiro atoms. The second-order valence-corrected chi connectivity index (χ2v) is 9.18. The van der Waals surface area contributed by atoms with Crippen LogP contribution < -0.4 is 5.32 Å². The lowest BCUT2D eigenvalue weighted by Gasteiger charge is -2.58. The highest BCUT2D eigenvalue weighted by Gasteiger charge is 2.59. The molecule has 4 heteroatoms. The molecule has 0 saturated heterocycles. The molecule has 0 aliphatic heterocycles. The fourth-order valence-corrected chi connectivity index (χ4v) is 6.41. The van der Waals surface area contributed by atoms with Gasteiger partial charge in [-0.2, -0.15) is 0 Å². The van der Waals surface area contributed by atoms with Crippen LogP contribution in [-0.4, -0.2) is 23.0 Å². The van der Waals surface area contributed by atoms with Crippen molar-refractivity contribution >= 4 is 11.9 Å². The Labute approximate surface area is 138 Å². The third-order valence-electron chi connectivity index (χ3n) is 7.53. The molecule has 4 bridgehead atoms. The summed E-state index contributed by atoms with van der Waals surface area (Å²) in [6.45, 7) is 2.12. The molecule has 2 atom stereocenters. The first-order valence-corrected chi connectivity index (χ1v) is 9.46. The largest absolute Gasteiger partial charge is 0.481 e. The van der Waals surface area contributed by atoms with E-state index in [1.807, 2.05) is 0 Å². The van der Waals surface area contributed by atoms with Crippen molar-refractivity contribution in [2.45, 2.75) is 77.2 Å². The highest BCUT2D eigenvalue weighted by molar-refractivity contribution is 5.83. The molecule has 128 valence electrons. The lowest BCUT2D eigenvalue weighted by molar-refractivity contribution is -0.168. The van der Waals surface area contributed by atoms with E-state index in [0.717, 1.165) is 57.8 Å². The van der Waals surface area contributed by atoms with E-state index in [0.29, 0.717) is 17.8 Å². The van der Waals surface area contributed by atoms with Crippen LogP contribution in [0.5, 0.6) is 0 Å². The molecule has 23 heavy (non-hydrogen) atoms. The van der Waals surface area contributed by atoms with Crippen molar-refractivity contribution in [1.29, 1.82) is 0 Å². The Balaban J connectivity index is 1.49. The zero-order chi connectivity index (χ0) is 16.2. The Morgan fingerprint density at radius 2 is 1.61 bits per heavy atom. The Morgan fingerprint density at radius 3 is 2.17 bits per heavy atom. The summed E-state index contributed by atoms with van der Waals surface area (Å²) >= 11 is 0. The minimum Gasteiger partial charge on any atom is -0.481 e. The van der Waals surface area contributed by atoms with E-state index < -0.39 is 11.4 Å². The molecule has 5 saturated carbocycles. The molecule has 5 aliphatic rings. The lowest BCUT2D eigenvalue weighted by atomic mass is 9.48. The second kappa shape index (κ2) is 5.22. The molecule has 2 unspecified atom stereocenters. The number of aliphatic carboxylic acids is 1. The van der Waals surface area contributed by atoms with Gasteiger partial charge < -0.3 is 10.4 Å². The van der Waals surface area contributed by atoms with Crippen molar-refractivity contribution < 1.29 is 14.7 Å². The summed E-state index contributed by atoms with van der Waals surface area (Å²) < 4.78 is 0. The molecule has 2 N–H and O–H groups in total. The Bertz CT molecular complexity index is 507. The number of carbonyl (C=O) groups is 2. The van der Waals surface area contributed by atoms with E-state index in [-0.39, 0.29) is 17.4 Å². The Morgan fingerprint density at radius 1 is 1.00 bits per heavy atom. The predicted molar refractivity (Wildman–Crippen MR) is 86.7 cm³/mol. The molecule has 4 nitrogen and oxygen atoms in total. The summed E-state index contributed by atoms with van der Waals surface area (Å²) in [4.78, 5) is 24.7. The molecule has 0 aromatic rings. The van der Waals surface area contributed by atoms with Crippen molar-refractivity contribution in [3.8, 4) is 0 Å². The first-order valence-electron chi connectivity index (χ1n) is 9.46. The first-order chi connectivity index (χ1) is 10.9. The monoisotopic (exact) mass is 319 g/mol. The second-order valence-electron chi connectivity index (χ2n) is 9.18. The van der Waals surface area contributed by atoms with Gasteiger partial charge in [-0.05, 0) is 62.7 Å². The average Bonchev–Trinajstić information content (AvgIpc) is 2.50. The highest BCUT2D eigenvalue weighted by atomic mass is 16.4. The summed E-state index contributed by atoms with van der Waals surface area (Å²) in [6.07, 6.45) is 10.2. The molecule has 5 rings (SSSR count). The fourth-order valence-electron chi connectivity index (χ4n) is 6.41. The summed E-state index contributed by atoms with van der Waals surface area (Å²) in [5.41, 5.74) is -0.677. The van der Waals surface area contributed by atoms with E-state index in [9.17, 15) is 14.7 Å². The molecule has 0 radical (unpaired) electrons. The van der Waals surface area contributed by atoms with Crippen molar-refractivity contribution in [3.05, 3.63) is 0 Å². The predicted octanol–water partition coefficient (Wildman–Crippen LogP) is 3.35. The van der Waals surface area contributed by atoms with Crippen LogP contribution in [0, 0.1) is 28.6 Å². The maximum absolute atomic E-state index is 12.9. The quantitative estimate of drug-likeness (QED) is 0.838. The van der Waals surface area contributed by atoms with Gasteiger partial charge in [0.25, 0.3) is 0 Å². The van der Waals surface area contributed by atoms with Gasteiger partial charge in [0.05, 0.1) is 5.41 Å². The number of rotatable bonds is 3. The van der Waals surface area contributed by atoms with Gasteiger partial charge in [0.1, 0.15) is 0 Å². The van der Waals surface area contributed by atoms with Gasteiger partial charge in [0.15, 0.2) is 0 Å². The highest BCUT2D eigenvalue weighted by Crippen LogP contribution is 2.60. The van der Waals surface area contributed by atoms with E-state index in [1.54, 1.807) is 0 Å². The van der Waals surface area contributed by atoms with Crippen LogP contribution >= 0.6 is 0 Å². The number of hydrogen-bond donors (Lipinski definition) is 2. The molecule has 0 aromatic carbocycles. The van der Waals surface area contributed by atoms with Gasteiger partial charge >= 0.3 is 5.97 Å². The zero-order valence-electron chi connectivity index (χ0n) is 14.1. The number of carboxylic acids is 1. The fraction of sp³-hybridized carbons (Fsp3) is 0.895. The summed E-state index contributed by atoms with van der Waals surface area (Å²) in [7, 11) is 0. The third kappa shape index (κ3) is 2.40. The van der Waals surface area contributed by atoms with Gasteiger partial charge in [-0.1, -0.05) is 26.2 Å². The van der Waals surface area contributed by atoms with E-state index in [2.05, 4.69) is 12.2 Å². The van der Waals surface area contributed by atoms with Crippen molar-refractivity contribution in [1.82, 2.24) is 5.32 Å². The van der Waals surface area contributed by atoms with Crippen LogP contribution in [0.3, 0.4) is 0 Å². The summed E-state index contributed by atoms with van der Waals surface area (Å²) in [5.74, 6) is 0.976. The lowest BCUT2D eigenvalue weighted by Crippen LogP contribution is -2.62. The zero-order valence-corrected chi connectivity index (χ0v) is 14.1. The molecular weight excluding hydrogens is 290 g/mol. The van der Waals surface area contributed by atoms with Gasteiger partial charge in [-0.25, -0.2) is 0 Å². The van der Waals surface area contributed by atoms with Crippen molar-refractivity contribution in [2.75, 3.05) is 0 Å². The smallest absolute Gasteiger partial charge is 0.309 e. The molecule has 1 amide bonds. The van der Waals surface area contributed by atoms with Gasteiger partial charge in [-0.15, -0.1) is 0 Å². The first kappa shape index (κ1) is 15.5. The number of nitrogens with one attached hydrogen (secondary N) is 1. The van der Waals surface area contributed by atoms with Crippen LogP contribution in [0.1, 0.15) is 71.1 Å². The normalized spacial score (nSPS) is 44.0. The van der Waals surface area contributed by atoms with Crippen LogP contribution in [-0.2, 0) is 9.59 Å². The number of amides is 1. The third-order valence-corrected chi connectivity index (χ3v) is 7.53. The van der Waals surface area contributed by atoms with Gasteiger partial charge in [0.2, 0.25) is 5.91 Å². The number of hydrogen-bond acceptors (Lipinski definition) is 2. The Hall–Kier alpha value is -1.06. The molecule has 5 fully saturated rings. The number of carboxylic acid groups (broad SMARTS) is 1. The van der Waals surface area contributed by atoms with Gasteiger partial charge in [0, 0.05) is 11.5 Å². The molecule has 0 aromatic heterocycles. The summed E-state index contributed by atoms with van der Waals surface area (Å²) in [5, 5.41) is 13.1. The van der Waals surface area contributed by atoms with Crippen LogP contribution in [0.4, 0.5) is 0 Å². The minimum absolute atomic E-state index is 0.197. The van der Waals surface area contributed by atoms with Crippen molar-refractivity contribution in [2.24, 2.45) is 28.6 Å². The minimum atomic E-state index is -0.596. The maximum Gasteiger partial charge on any atom is 0.309 e. The van der Waals surface area contributed by atoms with Crippen LogP contribution in [0.25, 0.3) is 0 Å². The number of carbonyl (C=O) groups excluding carboxylic acids is 1.